The van der Waals surface area contributed by atoms with Gasteiger partial charge in [-0.05, 0) is 25.0 Å². The Labute approximate surface area is 135 Å². The average Bonchev–Trinajstić information content (AvgIpc) is 3.17. The van der Waals surface area contributed by atoms with E-state index in [-0.39, 0.29) is 24.8 Å². The Morgan fingerprint density at radius 3 is 2.74 bits per heavy atom. The minimum atomic E-state index is -0.522. The molecule has 0 fully saturated rings. The van der Waals surface area contributed by atoms with Crippen molar-refractivity contribution >= 4 is 5.91 Å². The normalized spacial score (nSPS) is 12.6. The van der Waals surface area contributed by atoms with Crippen molar-refractivity contribution in [3.8, 4) is 11.7 Å². The van der Waals surface area contributed by atoms with E-state index in [0.29, 0.717) is 23.1 Å². The summed E-state index contributed by atoms with van der Waals surface area (Å²) in [4.78, 5) is 16.3. The number of nitrogens with one attached hydrogen (secondary N) is 1. The minimum absolute atomic E-state index is 0.117. The van der Waals surface area contributed by atoms with E-state index in [1.165, 1.54) is 0 Å². The number of rotatable bonds is 8. The molecule has 0 aliphatic rings. The zero-order chi connectivity index (χ0) is 16.8. The fourth-order valence-corrected chi connectivity index (χ4v) is 2.53. The van der Waals surface area contributed by atoms with Crippen molar-refractivity contribution in [2.45, 2.75) is 46.1 Å². The highest BCUT2D eigenvalue weighted by molar-refractivity contribution is 5.78. The van der Waals surface area contributed by atoms with Crippen LogP contribution in [0.1, 0.15) is 38.1 Å². The number of aliphatic hydroxyl groups excluding tert-OH is 1. The van der Waals surface area contributed by atoms with Crippen LogP contribution in [0.4, 0.5) is 0 Å². The highest BCUT2D eigenvalue weighted by Crippen LogP contribution is 2.22. The number of carbonyl (C=O) groups excluding carboxylic acids is 1. The highest BCUT2D eigenvalue weighted by Gasteiger charge is 2.19. The first-order valence-corrected chi connectivity index (χ1v) is 8.00. The van der Waals surface area contributed by atoms with Gasteiger partial charge >= 0.3 is 0 Å². The molecule has 23 heavy (non-hydrogen) atoms. The lowest BCUT2D eigenvalue weighted by atomic mass is 9.96. The van der Waals surface area contributed by atoms with Crippen LogP contribution in [0.5, 0.6) is 0 Å². The van der Waals surface area contributed by atoms with Crippen LogP contribution < -0.4 is 5.32 Å². The molecule has 2 heterocycles. The zero-order valence-electron chi connectivity index (χ0n) is 13.8. The highest BCUT2D eigenvalue weighted by atomic mass is 16.4. The topological polar surface area (TPSA) is 88.5 Å². The van der Waals surface area contributed by atoms with Crippen molar-refractivity contribution in [3.63, 3.8) is 0 Å². The summed E-state index contributed by atoms with van der Waals surface area (Å²) >= 11 is 0. The van der Waals surface area contributed by atoms with Gasteiger partial charge in [-0.1, -0.05) is 26.7 Å². The molecule has 1 amide bonds. The van der Waals surface area contributed by atoms with Crippen LogP contribution in [0.15, 0.2) is 27.2 Å². The summed E-state index contributed by atoms with van der Waals surface area (Å²) in [7, 11) is 0. The number of furan rings is 1. The van der Waals surface area contributed by atoms with Crippen LogP contribution in [0.2, 0.25) is 0 Å². The van der Waals surface area contributed by atoms with E-state index in [9.17, 15) is 9.90 Å². The SMILES string of the molecule is CCC(CC)C(O)CNC(=O)Cc1nc(-c2ccco2)oc1C. The number of aryl methyl sites for hydroxylation is 1. The number of hydrogen-bond donors (Lipinski definition) is 2. The van der Waals surface area contributed by atoms with E-state index in [2.05, 4.69) is 10.3 Å². The number of hydrogen-bond acceptors (Lipinski definition) is 5. The van der Waals surface area contributed by atoms with Crippen molar-refractivity contribution in [1.29, 1.82) is 0 Å². The molecule has 0 aliphatic carbocycles. The van der Waals surface area contributed by atoms with Crippen molar-refractivity contribution in [1.82, 2.24) is 10.3 Å². The van der Waals surface area contributed by atoms with E-state index < -0.39 is 6.10 Å². The Morgan fingerprint density at radius 1 is 1.39 bits per heavy atom. The van der Waals surface area contributed by atoms with Crippen molar-refractivity contribution in [3.05, 3.63) is 29.9 Å². The largest absolute Gasteiger partial charge is 0.459 e. The van der Waals surface area contributed by atoms with Crippen molar-refractivity contribution in [2.75, 3.05) is 6.54 Å². The van der Waals surface area contributed by atoms with Crippen LogP contribution in [0.3, 0.4) is 0 Å². The second-order valence-corrected chi connectivity index (χ2v) is 5.62. The van der Waals surface area contributed by atoms with Gasteiger partial charge < -0.3 is 19.3 Å². The molecule has 0 spiro atoms. The molecule has 0 aromatic carbocycles. The lowest BCUT2D eigenvalue weighted by Crippen LogP contribution is -2.36. The number of aliphatic hydroxyl groups is 1. The molecule has 0 aliphatic heterocycles. The molecular weight excluding hydrogens is 296 g/mol. The number of nitrogens with zero attached hydrogens (tertiary/aromatic N) is 1. The molecule has 2 rings (SSSR count). The summed E-state index contributed by atoms with van der Waals surface area (Å²) < 4.78 is 10.8. The van der Waals surface area contributed by atoms with E-state index in [1.807, 2.05) is 13.8 Å². The lowest BCUT2D eigenvalue weighted by molar-refractivity contribution is -0.121. The standard InChI is InChI=1S/C17H24N2O4/c1-4-12(5-2)14(20)10-18-16(21)9-13-11(3)23-17(19-13)15-7-6-8-22-15/h6-8,12,14,20H,4-5,9-10H2,1-3H3,(H,18,21). The third-order valence-corrected chi connectivity index (χ3v) is 4.05. The van der Waals surface area contributed by atoms with Gasteiger partial charge in [-0.15, -0.1) is 0 Å². The molecule has 0 bridgehead atoms. The molecular formula is C17H24N2O4. The van der Waals surface area contributed by atoms with Gasteiger partial charge in [-0.25, -0.2) is 4.98 Å². The summed E-state index contributed by atoms with van der Waals surface area (Å²) in [6, 6.07) is 3.50. The van der Waals surface area contributed by atoms with Crippen LogP contribution in [-0.2, 0) is 11.2 Å². The Kier molecular flexibility index (Phi) is 5.98. The Hall–Kier alpha value is -2.08. The molecule has 6 nitrogen and oxygen atoms in total. The summed E-state index contributed by atoms with van der Waals surface area (Å²) in [6.45, 7) is 6.09. The van der Waals surface area contributed by atoms with Gasteiger partial charge in [0.05, 0.1) is 24.5 Å². The molecule has 2 aromatic heterocycles. The van der Waals surface area contributed by atoms with Gasteiger partial charge in [-0.3, -0.25) is 4.79 Å². The minimum Gasteiger partial charge on any atom is -0.459 e. The number of carbonyl (C=O) groups is 1. The molecule has 0 radical (unpaired) electrons. The third-order valence-electron chi connectivity index (χ3n) is 4.05. The molecule has 0 saturated carbocycles. The first kappa shape index (κ1) is 17.3. The van der Waals surface area contributed by atoms with Gasteiger partial charge in [0, 0.05) is 6.54 Å². The molecule has 2 N–H and O–H groups in total. The van der Waals surface area contributed by atoms with Gasteiger partial charge in [0.15, 0.2) is 5.76 Å². The van der Waals surface area contributed by atoms with E-state index in [1.54, 1.807) is 25.3 Å². The quantitative estimate of drug-likeness (QED) is 0.780. The van der Waals surface area contributed by atoms with Gasteiger partial charge in [0.2, 0.25) is 5.91 Å². The molecule has 1 unspecified atom stereocenters. The maximum Gasteiger partial charge on any atom is 0.263 e. The smallest absolute Gasteiger partial charge is 0.263 e. The predicted molar refractivity (Wildman–Crippen MR) is 85.7 cm³/mol. The van der Waals surface area contributed by atoms with Gasteiger partial charge in [-0.2, -0.15) is 0 Å². The molecule has 2 aromatic rings. The van der Waals surface area contributed by atoms with Crippen molar-refractivity contribution < 1.29 is 18.7 Å². The zero-order valence-corrected chi connectivity index (χ0v) is 13.8. The third kappa shape index (κ3) is 4.45. The lowest BCUT2D eigenvalue weighted by Gasteiger charge is -2.20. The van der Waals surface area contributed by atoms with E-state index in [4.69, 9.17) is 8.83 Å². The van der Waals surface area contributed by atoms with Crippen molar-refractivity contribution in [2.24, 2.45) is 5.92 Å². The summed E-state index contributed by atoms with van der Waals surface area (Å²) in [5.74, 6) is 1.51. The fourth-order valence-electron chi connectivity index (χ4n) is 2.53. The monoisotopic (exact) mass is 320 g/mol. The number of amides is 1. The van der Waals surface area contributed by atoms with Gasteiger partial charge in [0.1, 0.15) is 5.76 Å². The molecule has 0 saturated heterocycles. The number of oxazole rings is 1. The fraction of sp³-hybridized carbons (Fsp3) is 0.529. The average molecular weight is 320 g/mol. The first-order chi connectivity index (χ1) is 11.0. The maximum absolute atomic E-state index is 12.0. The Balaban J connectivity index is 1.91. The number of aromatic nitrogens is 1. The summed E-state index contributed by atoms with van der Waals surface area (Å²) in [5.41, 5.74) is 0.575. The second-order valence-electron chi connectivity index (χ2n) is 5.62. The van der Waals surface area contributed by atoms with Crippen LogP contribution in [-0.4, -0.2) is 28.6 Å². The van der Waals surface area contributed by atoms with Crippen LogP contribution >= 0.6 is 0 Å². The Bertz CT molecular complexity index is 615. The molecule has 126 valence electrons. The van der Waals surface area contributed by atoms with E-state index >= 15 is 0 Å². The maximum atomic E-state index is 12.0. The second kappa shape index (κ2) is 7.97. The van der Waals surface area contributed by atoms with Crippen LogP contribution in [0, 0.1) is 12.8 Å². The molecule has 1 atom stereocenters. The summed E-state index contributed by atoms with van der Waals surface area (Å²) in [5, 5.41) is 12.8. The Morgan fingerprint density at radius 2 is 2.13 bits per heavy atom. The predicted octanol–water partition coefficient (Wildman–Crippen LogP) is 2.70. The van der Waals surface area contributed by atoms with E-state index in [0.717, 1.165) is 12.8 Å². The summed E-state index contributed by atoms with van der Waals surface area (Å²) in [6.07, 6.45) is 2.92. The van der Waals surface area contributed by atoms with Crippen LogP contribution in [0.25, 0.3) is 11.7 Å². The van der Waals surface area contributed by atoms with Gasteiger partial charge in [0.25, 0.3) is 5.89 Å². The first-order valence-electron chi connectivity index (χ1n) is 8.00. The molecule has 6 heteroatoms.